The first-order valence-electron chi connectivity index (χ1n) is 9.05. The number of carbonyl (C=O) groups excluding carboxylic acids is 1. The van der Waals surface area contributed by atoms with E-state index in [0.717, 1.165) is 39.9 Å². The average Bonchev–Trinajstić information content (AvgIpc) is 2.95. The minimum absolute atomic E-state index is 0.0326. The largest absolute Gasteiger partial charge is 0.507 e. The van der Waals surface area contributed by atoms with Gasteiger partial charge in [0.2, 0.25) is 0 Å². The van der Waals surface area contributed by atoms with Crippen LogP contribution in [0, 0.1) is 11.3 Å². The molecule has 0 radical (unpaired) electrons. The Morgan fingerprint density at radius 2 is 1.93 bits per heavy atom. The second-order valence-electron chi connectivity index (χ2n) is 8.39. The second kappa shape index (κ2) is 6.78. The summed E-state index contributed by atoms with van der Waals surface area (Å²) in [6.45, 7) is 6.90. The molecule has 2 aromatic rings. The molecule has 0 saturated heterocycles. The van der Waals surface area contributed by atoms with Crippen LogP contribution in [0.4, 0.5) is 5.00 Å². The van der Waals surface area contributed by atoms with E-state index in [4.69, 9.17) is 0 Å². The molecular formula is C20H22Br2N2O2S. The highest BCUT2D eigenvalue weighted by molar-refractivity contribution is 9.11. The lowest BCUT2D eigenvalue weighted by Gasteiger charge is -2.34. The molecule has 1 amide bonds. The number of carbonyl (C=O) groups is 1. The van der Waals surface area contributed by atoms with Crippen LogP contribution in [-0.4, -0.2) is 11.0 Å². The van der Waals surface area contributed by atoms with Crippen LogP contribution in [0.2, 0.25) is 0 Å². The number of aromatic hydroxyl groups is 1. The van der Waals surface area contributed by atoms with Gasteiger partial charge in [-0.05, 0) is 64.2 Å². The molecular weight excluding hydrogens is 492 g/mol. The highest BCUT2D eigenvalue weighted by Crippen LogP contribution is 2.46. The Hall–Kier alpha value is -1.05. The van der Waals surface area contributed by atoms with Gasteiger partial charge in [0.1, 0.15) is 16.9 Å². The second-order valence-corrected chi connectivity index (χ2v) is 11.2. The molecule has 0 unspecified atom stereocenters. The van der Waals surface area contributed by atoms with Crippen LogP contribution in [-0.2, 0) is 12.8 Å². The van der Waals surface area contributed by atoms with Gasteiger partial charge in [0.25, 0.3) is 5.91 Å². The van der Waals surface area contributed by atoms with E-state index in [9.17, 15) is 9.90 Å². The molecule has 4 nitrogen and oxygen atoms in total. The predicted molar refractivity (Wildman–Crippen MR) is 117 cm³/mol. The number of phenolic OH excluding ortho intramolecular Hbond substituents is 1. The molecule has 144 valence electrons. The highest BCUT2D eigenvalue weighted by atomic mass is 79.9. The molecule has 2 heterocycles. The lowest BCUT2D eigenvalue weighted by atomic mass is 9.72. The van der Waals surface area contributed by atoms with Gasteiger partial charge in [0, 0.05) is 14.9 Å². The van der Waals surface area contributed by atoms with Gasteiger partial charge < -0.3 is 15.7 Å². The SMILES string of the molecule is CC(C)(C)[C@@H]1CCc2c(sc3c2C(=O)N[C@H](c2cc(O)c(Br)cc2Br)N3)C1. The minimum atomic E-state index is -0.378. The van der Waals surface area contributed by atoms with Gasteiger partial charge in [-0.2, -0.15) is 0 Å². The number of phenols is 1. The maximum Gasteiger partial charge on any atom is 0.256 e. The number of halogens is 2. The standard InChI is InChI=1S/C20H22Br2N2O2S/c1-20(2,3)9-4-5-10-15(6-9)27-19-16(10)18(26)23-17(24-19)11-7-14(25)13(22)8-12(11)21/h7-9,17,24-25H,4-6H2,1-3H3,(H,23,26)/t9-,17+/m1/s1. The Bertz CT molecular complexity index is 933. The molecule has 1 aromatic heterocycles. The van der Waals surface area contributed by atoms with Crippen molar-refractivity contribution in [1.82, 2.24) is 5.32 Å². The molecule has 3 N–H and O–H groups in total. The van der Waals surface area contributed by atoms with Gasteiger partial charge in [-0.1, -0.05) is 36.7 Å². The quantitative estimate of drug-likeness (QED) is 0.439. The van der Waals surface area contributed by atoms with E-state index >= 15 is 0 Å². The lowest BCUT2D eigenvalue weighted by molar-refractivity contribution is 0.0934. The summed E-state index contributed by atoms with van der Waals surface area (Å²) in [5.74, 6) is 0.754. The van der Waals surface area contributed by atoms with E-state index in [-0.39, 0.29) is 23.2 Å². The fourth-order valence-electron chi connectivity index (χ4n) is 3.97. The molecule has 1 aromatic carbocycles. The third-order valence-corrected chi connectivity index (χ3v) is 8.15. The molecule has 0 fully saturated rings. The summed E-state index contributed by atoms with van der Waals surface area (Å²) in [4.78, 5) is 14.3. The number of anilines is 1. The fourth-order valence-corrected chi connectivity index (χ4v) is 6.54. The summed E-state index contributed by atoms with van der Waals surface area (Å²) in [7, 11) is 0. The smallest absolute Gasteiger partial charge is 0.256 e. The van der Waals surface area contributed by atoms with E-state index in [0.29, 0.717) is 10.4 Å². The number of nitrogens with one attached hydrogen (secondary N) is 2. The zero-order valence-electron chi connectivity index (χ0n) is 15.5. The molecule has 2 atom stereocenters. The third kappa shape index (κ3) is 3.42. The van der Waals surface area contributed by atoms with Gasteiger partial charge in [-0.25, -0.2) is 0 Å². The van der Waals surface area contributed by atoms with Crippen LogP contribution in [0.5, 0.6) is 5.75 Å². The number of rotatable bonds is 1. The number of fused-ring (bicyclic) bond motifs is 3. The molecule has 27 heavy (non-hydrogen) atoms. The van der Waals surface area contributed by atoms with Crippen LogP contribution >= 0.6 is 43.2 Å². The Labute approximate surface area is 180 Å². The first-order valence-corrected chi connectivity index (χ1v) is 11.4. The Morgan fingerprint density at radius 1 is 1.19 bits per heavy atom. The number of hydrogen-bond donors (Lipinski definition) is 3. The first kappa shape index (κ1) is 19.3. The molecule has 0 spiro atoms. The van der Waals surface area contributed by atoms with Crippen LogP contribution in [0.3, 0.4) is 0 Å². The lowest BCUT2D eigenvalue weighted by Crippen LogP contribution is -2.38. The van der Waals surface area contributed by atoms with Crippen molar-refractivity contribution in [3.63, 3.8) is 0 Å². The van der Waals surface area contributed by atoms with Crippen molar-refractivity contribution in [3.8, 4) is 5.75 Å². The highest BCUT2D eigenvalue weighted by Gasteiger charge is 2.36. The Kier molecular flexibility index (Phi) is 4.84. The van der Waals surface area contributed by atoms with E-state index < -0.39 is 0 Å². The molecule has 7 heteroatoms. The van der Waals surface area contributed by atoms with Crippen LogP contribution in [0.25, 0.3) is 0 Å². The number of benzene rings is 1. The Morgan fingerprint density at radius 3 is 2.63 bits per heavy atom. The van der Waals surface area contributed by atoms with Crippen molar-refractivity contribution in [2.75, 3.05) is 5.32 Å². The van der Waals surface area contributed by atoms with Gasteiger partial charge >= 0.3 is 0 Å². The maximum absolute atomic E-state index is 12.9. The number of amides is 1. The summed E-state index contributed by atoms with van der Waals surface area (Å²) < 4.78 is 1.43. The van der Waals surface area contributed by atoms with Crippen LogP contribution in [0.1, 0.15) is 59.7 Å². The van der Waals surface area contributed by atoms with Crippen molar-refractivity contribution in [2.24, 2.45) is 11.3 Å². The number of hydrogen-bond acceptors (Lipinski definition) is 4. The fraction of sp³-hybridized carbons (Fsp3) is 0.450. The maximum atomic E-state index is 12.9. The molecule has 2 aliphatic rings. The van der Waals surface area contributed by atoms with Crippen molar-refractivity contribution < 1.29 is 9.90 Å². The summed E-state index contributed by atoms with van der Waals surface area (Å²) in [5, 5.41) is 17.5. The van der Waals surface area contributed by atoms with Gasteiger partial charge in [0.05, 0.1) is 10.0 Å². The van der Waals surface area contributed by atoms with Gasteiger partial charge in [0.15, 0.2) is 0 Å². The molecule has 0 saturated carbocycles. The zero-order valence-corrected chi connectivity index (χ0v) is 19.4. The van der Waals surface area contributed by atoms with Crippen LogP contribution < -0.4 is 10.6 Å². The average molecular weight is 514 g/mol. The monoisotopic (exact) mass is 512 g/mol. The van der Waals surface area contributed by atoms with E-state index in [1.807, 2.05) is 0 Å². The normalized spacial score (nSPS) is 21.9. The summed E-state index contributed by atoms with van der Waals surface area (Å²) in [5.41, 5.74) is 3.11. The third-order valence-electron chi connectivity index (χ3n) is 5.65. The summed E-state index contributed by atoms with van der Waals surface area (Å²) >= 11 is 8.56. The molecule has 4 rings (SSSR count). The molecule has 0 bridgehead atoms. The predicted octanol–water partition coefficient (Wildman–Crippen LogP) is 5.98. The molecule has 1 aliphatic heterocycles. The number of thiophene rings is 1. The van der Waals surface area contributed by atoms with Crippen molar-refractivity contribution >= 4 is 54.1 Å². The van der Waals surface area contributed by atoms with E-state index in [1.54, 1.807) is 23.5 Å². The van der Waals surface area contributed by atoms with Crippen molar-refractivity contribution in [2.45, 2.75) is 46.2 Å². The van der Waals surface area contributed by atoms with Crippen molar-refractivity contribution in [3.05, 3.63) is 42.6 Å². The van der Waals surface area contributed by atoms with E-state index in [2.05, 4.69) is 63.3 Å². The Balaban J connectivity index is 1.68. The first-order chi connectivity index (χ1) is 12.6. The summed E-state index contributed by atoms with van der Waals surface area (Å²) in [6, 6.07) is 3.46. The minimum Gasteiger partial charge on any atom is -0.507 e. The topological polar surface area (TPSA) is 61.4 Å². The van der Waals surface area contributed by atoms with Crippen LogP contribution in [0.15, 0.2) is 21.1 Å². The van der Waals surface area contributed by atoms with Gasteiger partial charge in [-0.3, -0.25) is 4.79 Å². The van der Waals surface area contributed by atoms with E-state index in [1.165, 1.54) is 10.4 Å². The summed E-state index contributed by atoms with van der Waals surface area (Å²) in [6.07, 6.45) is 2.75. The zero-order chi connectivity index (χ0) is 19.5. The van der Waals surface area contributed by atoms with Gasteiger partial charge in [-0.15, -0.1) is 11.3 Å². The molecule has 1 aliphatic carbocycles. The van der Waals surface area contributed by atoms with Crippen molar-refractivity contribution in [1.29, 1.82) is 0 Å².